The Bertz CT molecular complexity index is 523. The summed E-state index contributed by atoms with van der Waals surface area (Å²) in [5.74, 6) is 0. The highest BCUT2D eigenvalue weighted by atomic mass is 32.2. The Labute approximate surface area is 99.2 Å². The molecule has 0 fully saturated rings. The second-order valence-electron chi connectivity index (χ2n) is 3.82. The van der Waals surface area contributed by atoms with E-state index in [1.165, 1.54) is 17.3 Å². The largest absolute Gasteiger partial charge is 0.307 e. The number of nitrogens with zero attached hydrogens (tertiary/aromatic N) is 1. The van der Waals surface area contributed by atoms with Crippen LogP contribution in [0, 0.1) is 13.8 Å². The second kappa shape index (κ2) is 4.41. The molecule has 3 nitrogen and oxygen atoms in total. The van der Waals surface area contributed by atoms with E-state index in [1.54, 1.807) is 0 Å². The van der Waals surface area contributed by atoms with Crippen molar-refractivity contribution < 1.29 is 0 Å². The van der Waals surface area contributed by atoms with Gasteiger partial charge in [0.1, 0.15) is 5.50 Å². The molecular formula is C12H15N3S. The number of aryl methyl sites for hydroxylation is 2. The van der Waals surface area contributed by atoms with Crippen LogP contribution in [-0.2, 0) is 0 Å². The van der Waals surface area contributed by atoms with Gasteiger partial charge in [-0.3, -0.25) is 4.98 Å². The molecule has 2 aromatic rings. The second-order valence-corrected chi connectivity index (χ2v) is 5.04. The fourth-order valence-corrected chi connectivity index (χ4v) is 2.55. The van der Waals surface area contributed by atoms with Crippen LogP contribution in [0.4, 0.5) is 0 Å². The van der Waals surface area contributed by atoms with Gasteiger partial charge < -0.3 is 11.5 Å². The number of pyridine rings is 1. The minimum atomic E-state index is -0.398. The monoisotopic (exact) mass is 233 g/mol. The zero-order chi connectivity index (χ0) is 11.7. The van der Waals surface area contributed by atoms with Gasteiger partial charge in [0.15, 0.2) is 0 Å². The normalized spacial score (nSPS) is 11.3. The third-order valence-electron chi connectivity index (χ3n) is 2.39. The number of benzene rings is 1. The topological polar surface area (TPSA) is 64.9 Å². The smallest absolute Gasteiger partial charge is 0.105 e. The molecule has 0 aliphatic carbocycles. The van der Waals surface area contributed by atoms with Crippen molar-refractivity contribution in [1.29, 1.82) is 0 Å². The first kappa shape index (κ1) is 11.4. The summed E-state index contributed by atoms with van der Waals surface area (Å²) in [7, 11) is 0. The van der Waals surface area contributed by atoms with E-state index in [2.05, 4.69) is 24.0 Å². The number of thioether (sulfide) groups is 1. The van der Waals surface area contributed by atoms with Crippen molar-refractivity contribution in [3.05, 3.63) is 35.5 Å². The van der Waals surface area contributed by atoms with Gasteiger partial charge >= 0.3 is 0 Å². The van der Waals surface area contributed by atoms with Gasteiger partial charge in [0.2, 0.25) is 0 Å². The number of para-hydroxylation sites is 1. The maximum atomic E-state index is 5.62. The molecule has 1 heterocycles. The lowest BCUT2D eigenvalue weighted by atomic mass is 10.1. The van der Waals surface area contributed by atoms with Gasteiger partial charge in [-0.25, -0.2) is 0 Å². The van der Waals surface area contributed by atoms with Crippen molar-refractivity contribution in [2.75, 3.05) is 0 Å². The van der Waals surface area contributed by atoms with E-state index in [4.69, 9.17) is 11.5 Å². The molecule has 0 bridgehead atoms. The Morgan fingerprint density at radius 3 is 2.69 bits per heavy atom. The summed E-state index contributed by atoms with van der Waals surface area (Å²) in [5.41, 5.74) is 14.0. The van der Waals surface area contributed by atoms with Crippen LogP contribution in [0.25, 0.3) is 10.9 Å². The van der Waals surface area contributed by atoms with Crippen molar-refractivity contribution in [2.24, 2.45) is 11.5 Å². The van der Waals surface area contributed by atoms with Gasteiger partial charge in [-0.2, -0.15) is 0 Å². The number of rotatable bonds is 2. The number of fused-ring (bicyclic) bond motifs is 1. The Kier molecular flexibility index (Phi) is 3.14. The Hall–Kier alpha value is -1.10. The summed E-state index contributed by atoms with van der Waals surface area (Å²) in [6.07, 6.45) is 0. The number of nitrogens with two attached hydrogens (primary N) is 2. The predicted molar refractivity (Wildman–Crippen MR) is 69.2 cm³/mol. The van der Waals surface area contributed by atoms with Crippen molar-refractivity contribution in [1.82, 2.24) is 4.98 Å². The average molecular weight is 233 g/mol. The van der Waals surface area contributed by atoms with Gasteiger partial charge in [0.25, 0.3) is 0 Å². The van der Waals surface area contributed by atoms with E-state index in [1.807, 2.05) is 19.1 Å². The fraction of sp³-hybridized carbons (Fsp3) is 0.250. The molecule has 0 atom stereocenters. The van der Waals surface area contributed by atoms with Crippen LogP contribution in [0.2, 0.25) is 0 Å². The Morgan fingerprint density at radius 1 is 1.25 bits per heavy atom. The summed E-state index contributed by atoms with van der Waals surface area (Å²) in [6.45, 7) is 4.05. The first-order valence-corrected chi connectivity index (χ1v) is 6.00. The van der Waals surface area contributed by atoms with E-state index in [0.29, 0.717) is 0 Å². The summed E-state index contributed by atoms with van der Waals surface area (Å²) in [4.78, 5) is 5.65. The molecule has 4 heteroatoms. The van der Waals surface area contributed by atoms with Crippen LogP contribution in [0.1, 0.15) is 11.3 Å². The molecule has 1 aromatic heterocycles. The number of hydrogen-bond acceptors (Lipinski definition) is 4. The summed E-state index contributed by atoms with van der Waals surface area (Å²) in [5, 5.41) is 1.12. The zero-order valence-corrected chi connectivity index (χ0v) is 10.2. The van der Waals surface area contributed by atoms with Gasteiger partial charge in [-0.15, -0.1) is 0 Å². The maximum Gasteiger partial charge on any atom is 0.105 e. The molecular weight excluding hydrogens is 218 g/mol. The lowest BCUT2D eigenvalue weighted by Gasteiger charge is -2.10. The molecule has 0 aliphatic rings. The van der Waals surface area contributed by atoms with E-state index < -0.39 is 5.50 Å². The van der Waals surface area contributed by atoms with Crippen LogP contribution in [-0.4, -0.2) is 10.5 Å². The first-order valence-electron chi connectivity index (χ1n) is 5.13. The van der Waals surface area contributed by atoms with Crippen molar-refractivity contribution in [3.63, 3.8) is 0 Å². The molecule has 0 saturated heterocycles. The Morgan fingerprint density at radius 2 is 2.00 bits per heavy atom. The van der Waals surface area contributed by atoms with Crippen LogP contribution in [0.15, 0.2) is 29.2 Å². The van der Waals surface area contributed by atoms with Gasteiger partial charge in [0.05, 0.1) is 5.52 Å². The first-order chi connectivity index (χ1) is 7.58. The van der Waals surface area contributed by atoms with E-state index in [9.17, 15) is 0 Å². The summed E-state index contributed by atoms with van der Waals surface area (Å²) in [6, 6.07) is 8.17. The van der Waals surface area contributed by atoms with Gasteiger partial charge in [-0.05, 0) is 25.5 Å². The van der Waals surface area contributed by atoms with Crippen LogP contribution in [0.3, 0.4) is 0 Å². The number of aromatic nitrogens is 1. The van der Waals surface area contributed by atoms with E-state index >= 15 is 0 Å². The van der Waals surface area contributed by atoms with Crippen molar-refractivity contribution in [2.45, 2.75) is 24.2 Å². The van der Waals surface area contributed by atoms with Gasteiger partial charge in [-0.1, -0.05) is 30.0 Å². The predicted octanol–water partition coefficient (Wildman–Crippen LogP) is 2.14. The molecule has 0 amide bonds. The summed E-state index contributed by atoms with van der Waals surface area (Å²) < 4.78 is 0. The zero-order valence-electron chi connectivity index (χ0n) is 9.40. The van der Waals surface area contributed by atoms with E-state index in [0.717, 1.165) is 21.5 Å². The van der Waals surface area contributed by atoms with Crippen LogP contribution >= 0.6 is 11.8 Å². The number of hydrogen-bond donors (Lipinski definition) is 2. The third-order valence-corrected chi connectivity index (χ3v) is 3.26. The fourth-order valence-electron chi connectivity index (χ4n) is 1.73. The molecule has 2 rings (SSSR count). The summed E-state index contributed by atoms with van der Waals surface area (Å²) >= 11 is 1.47. The molecule has 4 N–H and O–H groups in total. The SMILES string of the molecule is Cc1cc(SC(N)N)c2cccc(C)c2n1. The standard InChI is InChI=1S/C12H15N3S/c1-7-4-3-5-9-10(16-12(13)14)6-8(2)15-11(7)9/h3-6,12H,13-14H2,1-2H3. The molecule has 0 spiro atoms. The Balaban J connectivity index is 2.68. The van der Waals surface area contributed by atoms with Crippen molar-refractivity contribution >= 4 is 22.7 Å². The maximum absolute atomic E-state index is 5.62. The highest BCUT2D eigenvalue weighted by Crippen LogP contribution is 2.29. The highest BCUT2D eigenvalue weighted by Gasteiger charge is 2.08. The average Bonchev–Trinajstić information content (AvgIpc) is 2.18. The van der Waals surface area contributed by atoms with E-state index in [-0.39, 0.29) is 0 Å². The lowest BCUT2D eigenvalue weighted by Crippen LogP contribution is -2.25. The molecule has 0 radical (unpaired) electrons. The molecule has 0 aliphatic heterocycles. The lowest BCUT2D eigenvalue weighted by molar-refractivity contribution is 0.987. The van der Waals surface area contributed by atoms with Gasteiger partial charge in [0, 0.05) is 16.0 Å². The quantitative estimate of drug-likeness (QED) is 0.616. The minimum absolute atomic E-state index is 0.398. The van der Waals surface area contributed by atoms with Crippen molar-refractivity contribution in [3.8, 4) is 0 Å². The highest BCUT2D eigenvalue weighted by molar-refractivity contribution is 8.00. The van der Waals surface area contributed by atoms with Crippen LogP contribution in [0.5, 0.6) is 0 Å². The molecule has 84 valence electrons. The molecule has 16 heavy (non-hydrogen) atoms. The molecule has 1 aromatic carbocycles. The molecule has 0 unspecified atom stereocenters. The third kappa shape index (κ3) is 2.19. The van der Waals surface area contributed by atoms with Crippen LogP contribution < -0.4 is 11.5 Å². The minimum Gasteiger partial charge on any atom is -0.307 e. The molecule has 0 saturated carbocycles.